The lowest BCUT2D eigenvalue weighted by Gasteiger charge is -1.95. The summed E-state index contributed by atoms with van der Waals surface area (Å²) in [4.78, 5) is 7.39. The molecule has 0 aliphatic carbocycles. The molecule has 3 aromatic rings. The van der Waals surface area contributed by atoms with E-state index in [-0.39, 0.29) is 0 Å². The highest BCUT2D eigenvalue weighted by atomic mass is 32.2. The topological polar surface area (TPSA) is 71.8 Å². The molecule has 0 amide bonds. The molecule has 18 heavy (non-hydrogen) atoms. The van der Waals surface area contributed by atoms with Gasteiger partial charge in [-0.1, -0.05) is 0 Å². The van der Waals surface area contributed by atoms with Crippen LogP contribution in [0.2, 0.25) is 0 Å². The monoisotopic (exact) mass is 277 g/mol. The molecule has 0 saturated carbocycles. The van der Waals surface area contributed by atoms with Crippen LogP contribution in [0.1, 0.15) is 5.56 Å². The third-order valence-corrected chi connectivity index (χ3v) is 4.53. The molecular formula is C12H11N3OS2. The number of fused-ring (bicyclic) bond motifs is 1. The molecule has 92 valence electrons. The fourth-order valence-electron chi connectivity index (χ4n) is 1.71. The quantitative estimate of drug-likeness (QED) is 0.723. The van der Waals surface area contributed by atoms with E-state index < -0.39 is 10.8 Å². The second-order valence-corrected chi connectivity index (χ2v) is 6.09. The highest BCUT2D eigenvalue weighted by Crippen LogP contribution is 2.18. The van der Waals surface area contributed by atoms with Gasteiger partial charge >= 0.3 is 0 Å². The molecule has 0 bridgehead atoms. The van der Waals surface area contributed by atoms with Crippen molar-refractivity contribution in [2.45, 2.75) is 10.9 Å². The van der Waals surface area contributed by atoms with E-state index in [9.17, 15) is 4.21 Å². The van der Waals surface area contributed by atoms with Crippen molar-refractivity contribution in [2.75, 3.05) is 5.73 Å². The number of aromatic nitrogens is 2. The molecule has 2 heterocycles. The fraction of sp³-hybridized carbons (Fsp3) is 0.0833. The van der Waals surface area contributed by atoms with Gasteiger partial charge in [-0.3, -0.25) is 4.21 Å². The highest BCUT2D eigenvalue weighted by molar-refractivity contribution is 7.84. The van der Waals surface area contributed by atoms with Gasteiger partial charge < -0.3 is 10.7 Å². The number of H-pyrrole nitrogens is 1. The van der Waals surface area contributed by atoms with E-state index in [1.54, 1.807) is 23.5 Å². The molecule has 4 nitrogen and oxygen atoms in total. The molecule has 0 radical (unpaired) electrons. The predicted molar refractivity (Wildman–Crippen MR) is 74.9 cm³/mol. The highest BCUT2D eigenvalue weighted by Gasteiger charge is 2.11. The van der Waals surface area contributed by atoms with Crippen molar-refractivity contribution in [1.82, 2.24) is 9.97 Å². The summed E-state index contributed by atoms with van der Waals surface area (Å²) in [6.45, 7) is 0. The molecule has 3 rings (SSSR count). The Morgan fingerprint density at radius 2 is 2.28 bits per heavy atom. The molecule has 2 aromatic heterocycles. The van der Waals surface area contributed by atoms with Crippen LogP contribution in [0.25, 0.3) is 11.0 Å². The van der Waals surface area contributed by atoms with Gasteiger partial charge in [0.05, 0.1) is 27.6 Å². The summed E-state index contributed by atoms with van der Waals surface area (Å²) < 4.78 is 12.2. The van der Waals surface area contributed by atoms with Gasteiger partial charge in [0.25, 0.3) is 0 Å². The molecular weight excluding hydrogens is 266 g/mol. The van der Waals surface area contributed by atoms with Gasteiger partial charge in [0, 0.05) is 5.69 Å². The largest absolute Gasteiger partial charge is 0.399 e. The molecule has 1 unspecified atom stereocenters. The molecule has 0 aliphatic rings. The average molecular weight is 277 g/mol. The van der Waals surface area contributed by atoms with Crippen LogP contribution >= 0.6 is 11.3 Å². The zero-order valence-corrected chi connectivity index (χ0v) is 11.1. The maximum atomic E-state index is 12.2. The van der Waals surface area contributed by atoms with Gasteiger partial charge in [-0.15, -0.1) is 0 Å². The van der Waals surface area contributed by atoms with E-state index >= 15 is 0 Å². The smallest absolute Gasteiger partial charge is 0.197 e. The maximum Gasteiger partial charge on any atom is 0.197 e. The van der Waals surface area contributed by atoms with Gasteiger partial charge in [-0.25, -0.2) is 4.98 Å². The number of hydrogen-bond acceptors (Lipinski definition) is 4. The van der Waals surface area contributed by atoms with E-state index in [1.165, 1.54) is 0 Å². The van der Waals surface area contributed by atoms with Crippen LogP contribution < -0.4 is 5.73 Å². The normalized spacial score (nSPS) is 12.9. The molecule has 3 N–H and O–H groups in total. The van der Waals surface area contributed by atoms with Crippen molar-refractivity contribution in [2.24, 2.45) is 0 Å². The van der Waals surface area contributed by atoms with Crippen molar-refractivity contribution in [1.29, 1.82) is 0 Å². The summed E-state index contributed by atoms with van der Waals surface area (Å²) in [6, 6.07) is 7.39. The number of aromatic amines is 1. The summed E-state index contributed by atoms with van der Waals surface area (Å²) >= 11 is 1.60. The third kappa shape index (κ3) is 2.16. The molecule has 0 fully saturated rings. The van der Waals surface area contributed by atoms with Crippen LogP contribution in [-0.2, 0) is 16.6 Å². The summed E-state index contributed by atoms with van der Waals surface area (Å²) in [6.07, 6.45) is 0. The molecule has 1 aromatic carbocycles. The van der Waals surface area contributed by atoms with Crippen LogP contribution in [-0.4, -0.2) is 14.2 Å². The Bertz CT molecular complexity index is 703. The van der Waals surface area contributed by atoms with Gasteiger partial charge in [-0.2, -0.15) is 11.3 Å². The minimum absolute atomic E-state index is 0.485. The number of imidazole rings is 1. The SMILES string of the molecule is Nc1ccc2nc(S(=O)Cc3ccsc3)[nH]c2c1. The van der Waals surface area contributed by atoms with Crippen molar-refractivity contribution < 1.29 is 4.21 Å². The Hall–Kier alpha value is -1.66. The number of benzene rings is 1. The van der Waals surface area contributed by atoms with Crippen LogP contribution in [0.5, 0.6) is 0 Å². The van der Waals surface area contributed by atoms with Gasteiger partial charge in [-0.05, 0) is 40.6 Å². The summed E-state index contributed by atoms with van der Waals surface area (Å²) in [5, 5.41) is 4.48. The zero-order chi connectivity index (χ0) is 12.5. The Kier molecular flexibility index (Phi) is 2.89. The average Bonchev–Trinajstić information content (AvgIpc) is 2.96. The van der Waals surface area contributed by atoms with E-state index in [0.717, 1.165) is 16.6 Å². The van der Waals surface area contributed by atoms with Crippen LogP contribution in [0, 0.1) is 0 Å². The lowest BCUT2D eigenvalue weighted by atomic mass is 10.3. The standard InChI is InChI=1S/C12H11N3OS2/c13-9-1-2-10-11(5-9)15-12(14-10)18(16)7-8-3-4-17-6-8/h1-6H,7,13H2,(H,14,15). The predicted octanol–water partition coefficient (Wildman–Crippen LogP) is 2.51. The first-order valence-corrected chi connectivity index (χ1v) is 7.63. The Morgan fingerprint density at radius 3 is 3.06 bits per heavy atom. The Morgan fingerprint density at radius 1 is 1.39 bits per heavy atom. The van der Waals surface area contributed by atoms with Gasteiger partial charge in [0.2, 0.25) is 0 Å². The number of anilines is 1. The first-order chi connectivity index (χ1) is 8.72. The molecule has 0 aliphatic heterocycles. The van der Waals surface area contributed by atoms with Crippen LogP contribution in [0.3, 0.4) is 0 Å². The number of nitrogens with zero attached hydrogens (tertiary/aromatic N) is 1. The molecule has 0 spiro atoms. The van der Waals surface area contributed by atoms with Crippen LogP contribution in [0.15, 0.2) is 40.2 Å². The number of hydrogen-bond donors (Lipinski definition) is 2. The molecule has 0 saturated heterocycles. The number of thiophene rings is 1. The lowest BCUT2D eigenvalue weighted by Crippen LogP contribution is -1.97. The van der Waals surface area contributed by atoms with Crippen LogP contribution in [0.4, 0.5) is 5.69 Å². The first kappa shape index (κ1) is 11.4. The van der Waals surface area contributed by atoms with E-state index in [1.807, 2.05) is 22.9 Å². The first-order valence-electron chi connectivity index (χ1n) is 5.37. The summed E-state index contributed by atoms with van der Waals surface area (Å²) in [7, 11) is -1.15. The number of nitrogen functional groups attached to an aromatic ring is 1. The second kappa shape index (κ2) is 4.55. The third-order valence-electron chi connectivity index (χ3n) is 2.58. The zero-order valence-electron chi connectivity index (χ0n) is 9.42. The van der Waals surface area contributed by atoms with E-state index in [2.05, 4.69) is 9.97 Å². The van der Waals surface area contributed by atoms with Crippen molar-refractivity contribution in [3.8, 4) is 0 Å². The maximum absolute atomic E-state index is 12.2. The molecule has 1 atom stereocenters. The minimum Gasteiger partial charge on any atom is -0.399 e. The van der Waals surface area contributed by atoms with Crippen molar-refractivity contribution in [3.05, 3.63) is 40.6 Å². The Balaban J connectivity index is 1.92. The molecule has 6 heteroatoms. The number of nitrogens with one attached hydrogen (secondary N) is 1. The lowest BCUT2D eigenvalue weighted by molar-refractivity contribution is 0.677. The van der Waals surface area contributed by atoms with E-state index in [0.29, 0.717) is 16.6 Å². The van der Waals surface area contributed by atoms with Gasteiger partial charge in [0.1, 0.15) is 0 Å². The number of nitrogens with two attached hydrogens (primary N) is 1. The Labute approximate surface area is 110 Å². The minimum atomic E-state index is -1.15. The summed E-state index contributed by atoms with van der Waals surface area (Å²) in [5.41, 5.74) is 9.04. The van der Waals surface area contributed by atoms with E-state index in [4.69, 9.17) is 5.73 Å². The fourth-order valence-corrected chi connectivity index (χ4v) is 3.52. The summed E-state index contributed by atoms with van der Waals surface area (Å²) in [5.74, 6) is 0.485. The van der Waals surface area contributed by atoms with Crippen molar-refractivity contribution >= 4 is 38.9 Å². The second-order valence-electron chi connectivity index (χ2n) is 3.94. The van der Waals surface area contributed by atoms with Crippen molar-refractivity contribution in [3.63, 3.8) is 0 Å². The van der Waals surface area contributed by atoms with Gasteiger partial charge in [0.15, 0.2) is 5.16 Å². The number of rotatable bonds is 3.